The van der Waals surface area contributed by atoms with Crippen molar-refractivity contribution in [2.24, 2.45) is 5.41 Å². The highest BCUT2D eigenvalue weighted by Crippen LogP contribution is 2.36. The molecule has 0 aliphatic carbocycles. The topological polar surface area (TPSA) is 47.3 Å². The molecule has 0 aromatic heterocycles. The molecule has 1 aliphatic rings. The first-order valence-electron chi connectivity index (χ1n) is 6.69. The molecule has 1 atom stereocenters. The van der Waals surface area contributed by atoms with Crippen LogP contribution in [0.1, 0.15) is 31.7 Å². The fourth-order valence-electron chi connectivity index (χ4n) is 2.82. The summed E-state index contributed by atoms with van der Waals surface area (Å²) in [6.45, 7) is 3.81. The summed E-state index contributed by atoms with van der Waals surface area (Å²) >= 11 is 0. The predicted octanol–water partition coefficient (Wildman–Crippen LogP) is 2.69. The molecule has 1 aromatic carbocycles. The van der Waals surface area contributed by atoms with Crippen LogP contribution in [-0.2, 0) is 0 Å². The van der Waals surface area contributed by atoms with Gasteiger partial charge in [0.1, 0.15) is 11.9 Å². The first kappa shape index (κ1) is 13.8. The van der Waals surface area contributed by atoms with Gasteiger partial charge in [-0.3, -0.25) is 0 Å². The van der Waals surface area contributed by atoms with Crippen LogP contribution in [0, 0.1) is 22.6 Å². The minimum absolute atomic E-state index is 0.0979. The summed E-state index contributed by atoms with van der Waals surface area (Å²) in [7, 11) is 0. The maximum Gasteiger partial charge on any atom is 0.124 e. The van der Waals surface area contributed by atoms with Crippen molar-refractivity contribution >= 4 is 5.69 Å². The van der Waals surface area contributed by atoms with Crippen molar-refractivity contribution in [3.05, 3.63) is 29.6 Å². The second-order valence-electron chi connectivity index (χ2n) is 5.31. The maximum absolute atomic E-state index is 13.2. The summed E-state index contributed by atoms with van der Waals surface area (Å²) in [6.07, 6.45) is 2.89. The van der Waals surface area contributed by atoms with E-state index in [2.05, 4.69) is 17.9 Å². The van der Waals surface area contributed by atoms with Gasteiger partial charge in [-0.15, -0.1) is 0 Å². The molecule has 1 N–H and O–H groups in total. The van der Waals surface area contributed by atoms with E-state index in [9.17, 15) is 9.50 Å². The summed E-state index contributed by atoms with van der Waals surface area (Å²) in [6, 6.07) is 6.38. The van der Waals surface area contributed by atoms with Gasteiger partial charge in [0.25, 0.3) is 0 Å². The van der Waals surface area contributed by atoms with Gasteiger partial charge in [-0.05, 0) is 37.5 Å². The number of piperidine rings is 1. The average molecular weight is 262 g/mol. The Balaban J connectivity index is 2.30. The Morgan fingerprint density at radius 1 is 1.53 bits per heavy atom. The van der Waals surface area contributed by atoms with E-state index in [0.717, 1.165) is 38.0 Å². The van der Waals surface area contributed by atoms with Gasteiger partial charge in [0.15, 0.2) is 0 Å². The molecule has 4 heteroatoms. The van der Waals surface area contributed by atoms with Crippen LogP contribution >= 0.6 is 0 Å². The Hall–Kier alpha value is -1.60. The number of hydrogen-bond acceptors (Lipinski definition) is 3. The SMILES string of the molecule is CCC1(CO)CCCN(c2ccc(F)cc2C#N)C1. The highest BCUT2D eigenvalue weighted by molar-refractivity contribution is 5.59. The zero-order valence-corrected chi connectivity index (χ0v) is 11.2. The van der Waals surface area contributed by atoms with Crippen molar-refractivity contribution in [1.29, 1.82) is 5.26 Å². The molecule has 0 bridgehead atoms. The standard InChI is InChI=1S/C15H19FN2O/c1-2-15(11-19)6-3-7-18(10-15)14-5-4-13(16)8-12(14)9-17/h4-5,8,19H,2-3,6-7,10-11H2,1H3. The lowest BCUT2D eigenvalue weighted by atomic mass is 9.78. The Morgan fingerprint density at radius 2 is 2.32 bits per heavy atom. The van der Waals surface area contributed by atoms with Gasteiger partial charge in [0, 0.05) is 18.5 Å². The molecule has 102 valence electrons. The number of aliphatic hydroxyl groups is 1. The predicted molar refractivity (Wildman–Crippen MR) is 72.4 cm³/mol. The summed E-state index contributed by atoms with van der Waals surface area (Å²) in [5.74, 6) is -0.388. The lowest BCUT2D eigenvalue weighted by molar-refractivity contribution is 0.101. The number of nitrogens with zero attached hydrogens (tertiary/aromatic N) is 2. The monoisotopic (exact) mass is 262 g/mol. The van der Waals surface area contributed by atoms with E-state index in [-0.39, 0.29) is 17.8 Å². The molecule has 19 heavy (non-hydrogen) atoms. The second kappa shape index (κ2) is 5.58. The van der Waals surface area contributed by atoms with Crippen molar-refractivity contribution in [3.8, 4) is 6.07 Å². The smallest absolute Gasteiger partial charge is 0.124 e. The number of benzene rings is 1. The maximum atomic E-state index is 13.2. The van der Waals surface area contributed by atoms with Gasteiger partial charge in [-0.2, -0.15) is 5.26 Å². The first-order chi connectivity index (χ1) is 9.14. The molecule has 1 saturated heterocycles. The molecular formula is C15H19FN2O. The van der Waals surface area contributed by atoms with Gasteiger partial charge in [0.05, 0.1) is 17.9 Å². The van der Waals surface area contributed by atoms with E-state index in [4.69, 9.17) is 5.26 Å². The van der Waals surface area contributed by atoms with E-state index >= 15 is 0 Å². The summed E-state index contributed by atoms with van der Waals surface area (Å²) < 4.78 is 13.2. The number of hydrogen-bond donors (Lipinski definition) is 1. The number of rotatable bonds is 3. The van der Waals surface area contributed by atoms with Gasteiger partial charge in [0.2, 0.25) is 0 Å². The quantitative estimate of drug-likeness (QED) is 0.911. The lowest BCUT2D eigenvalue weighted by Crippen LogP contribution is -2.45. The van der Waals surface area contributed by atoms with Crippen LogP contribution in [0.2, 0.25) is 0 Å². The fraction of sp³-hybridized carbons (Fsp3) is 0.533. The molecule has 1 aliphatic heterocycles. The summed E-state index contributed by atoms with van der Waals surface area (Å²) in [4.78, 5) is 2.10. The Morgan fingerprint density at radius 3 is 2.95 bits per heavy atom. The third-order valence-electron chi connectivity index (χ3n) is 4.17. The molecule has 0 spiro atoms. The Bertz CT molecular complexity index is 491. The van der Waals surface area contributed by atoms with Crippen LogP contribution in [0.5, 0.6) is 0 Å². The number of anilines is 1. The van der Waals surface area contributed by atoms with Gasteiger partial charge in [-0.1, -0.05) is 6.92 Å². The molecule has 1 fully saturated rings. The van der Waals surface area contributed by atoms with Crippen LogP contribution in [-0.4, -0.2) is 24.8 Å². The van der Waals surface area contributed by atoms with Crippen LogP contribution in [0.3, 0.4) is 0 Å². The van der Waals surface area contributed by atoms with Crippen LogP contribution < -0.4 is 4.90 Å². The van der Waals surface area contributed by atoms with Crippen molar-refractivity contribution in [2.75, 3.05) is 24.6 Å². The normalized spacial score (nSPS) is 23.2. The first-order valence-corrected chi connectivity index (χ1v) is 6.69. The second-order valence-corrected chi connectivity index (χ2v) is 5.31. The Labute approximate surface area is 113 Å². The average Bonchev–Trinajstić information content (AvgIpc) is 2.47. The molecule has 0 amide bonds. The minimum Gasteiger partial charge on any atom is -0.396 e. The highest BCUT2D eigenvalue weighted by Gasteiger charge is 2.34. The van der Waals surface area contributed by atoms with Crippen molar-refractivity contribution < 1.29 is 9.50 Å². The summed E-state index contributed by atoms with van der Waals surface area (Å²) in [5.41, 5.74) is 1.04. The highest BCUT2D eigenvalue weighted by atomic mass is 19.1. The van der Waals surface area contributed by atoms with E-state index in [1.165, 1.54) is 12.1 Å². The van der Waals surface area contributed by atoms with Gasteiger partial charge >= 0.3 is 0 Å². The number of nitriles is 1. The lowest BCUT2D eigenvalue weighted by Gasteiger charge is -2.42. The van der Waals surface area contributed by atoms with Crippen LogP contribution in [0.4, 0.5) is 10.1 Å². The van der Waals surface area contributed by atoms with Gasteiger partial charge < -0.3 is 10.0 Å². The van der Waals surface area contributed by atoms with E-state index in [1.54, 1.807) is 6.07 Å². The molecule has 1 unspecified atom stereocenters. The molecular weight excluding hydrogens is 243 g/mol. The van der Waals surface area contributed by atoms with Crippen molar-refractivity contribution in [2.45, 2.75) is 26.2 Å². The van der Waals surface area contributed by atoms with Crippen LogP contribution in [0.25, 0.3) is 0 Å². The third-order valence-corrected chi connectivity index (χ3v) is 4.17. The van der Waals surface area contributed by atoms with Crippen molar-refractivity contribution in [3.63, 3.8) is 0 Å². The van der Waals surface area contributed by atoms with E-state index in [0.29, 0.717) is 5.56 Å². The zero-order chi connectivity index (χ0) is 13.9. The fourth-order valence-corrected chi connectivity index (χ4v) is 2.82. The molecule has 1 aromatic rings. The molecule has 1 heterocycles. The largest absolute Gasteiger partial charge is 0.396 e. The van der Waals surface area contributed by atoms with Gasteiger partial charge in [-0.25, -0.2) is 4.39 Å². The zero-order valence-electron chi connectivity index (χ0n) is 11.2. The van der Waals surface area contributed by atoms with Crippen LogP contribution in [0.15, 0.2) is 18.2 Å². The minimum atomic E-state index is -0.388. The number of halogens is 1. The van der Waals surface area contributed by atoms with Crippen molar-refractivity contribution in [1.82, 2.24) is 0 Å². The third kappa shape index (κ3) is 2.71. The molecule has 0 radical (unpaired) electrons. The van der Waals surface area contributed by atoms with E-state index in [1.807, 2.05) is 0 Å². The molecule has 2 rings (SSSR count). The van der Waals surface area contributed by atoms with E-state index < -0.39 is 0 Å². The molecule has 0 saturated carbocycles. The summed E-state index contributed by atoms with van der Waals surface area (Å²) in [5, 5.41) is 18.8. The Kier molecular flexibility index (Phi) is 4.06. The molecule has 3 nitrogen and oxygen atoms in total. The number of aliphatic hydroxyl groups excluding tert-OH is 1.